The highest BCUT2D eigenvalue weighted by Gasteiger charge is 2.61. The second-order valence-corrected chi connectivity index (χ2v) is 6.03. The maximum Gasteiger partial charge on any atom is 0.260 e. The number of hydrogen-bond acceptors (Lipinski definition) is 2. The number of hydrogen-bond donors (Lipinski definition) is 2. The first-order valence-corrected chi connectivity index (χ1v) is 6.94. The molecule has 0 spiro atoms. The molecule has 0 aromatic heterocycles. The largest absolute Gasteiger partial charge is 0.381 e. The van der Waals surface area contributed by atoms with E-state index in [0.717, 1.165) is 0 Å². The first kappa shape index (κ1) is 15.2. The summed E-state index contributed by atoms with van der Waals surface area (Å²) < 4.78 is 40.1. The number of benzene rings is 1. The maximum absolute atomic E-state index is 13.9. The third-order valence-electron chi connectivity index (χ3n) is 2.89. The predicted octanol–water partition coefficient (Wildman–Crippen LogP) is 4.00. The van der Waals surface area contributed by atoms with Crippen LogP contribution in [0, 0.1) is 11.7 Å². The van der Waals surface area contributed by atoms with Crippen LogP contribution in [0.3, 0.4) is 0 Å². The smallest absolute Gasteiger partial charge is 0.260 e. The quantitative estimate of drug-likeness (QED) is 0.861. The SMILES string of the molecule is CC(C)Nc1cc(Br)cc(F)c1NC(=O)C1CC1(F)F. The highest BCUT2D eigenvalue weighted by molar-refractivity contribution is 9.10. The number of anilines is 2. The molecule has 1 aromatic rings. The Labute approximate surface area is 123 Å². The minimum atomic E-state index is -2.97. The van der Waals surface area contributed by atoms with Gasteiger partial charge in [-0.2, -0.15) is 0 Å². The lowest BCUT2D eigenvalue weighted by Gasteiger charge is -2.16. The summed E-state index contributed by atoms with van der Waals surface area (Å²) in [5, 5.41) is 5.22. The fourth-order valence-electron chi connectivity index (χ4n) is 1.83. The molecule has 2 N–H and O–H groups in total. The summed E-state index contributed by atoms with van der Waals surface area (Å²) in [6.07, 6.45) is -0.482. The van der Waals surface area contributed by atoms with Crippen LogP contribution in [-0.2, 0) is 4.79 Å². The fourth-order valence-corrected chi connectivity index (χ4v) is 2.26. The van der Waals surface area contributed by atoms with Crippen molar-refractivity contribution in [2.45, 2.75) is 32.2 Å². The van der Waals surface area contributed by atoms with Crippen LogP contribution in [0.25, 0.3) is 0 Å². The van der Waals surface area contributed by atoms with Crippen LogP contribution in [0.2, 0.25) is 0 Å². The monoisotopic (exact) mass is 350 g/mol. The molecule has 2 rings (SSSR count). The standard InChI is InChI=1S/C13H14BrF3N2O/c1-6(2)18-10-4-7(14)3-9(15)11(10)19-12(20)8-5-13(8,16)17/h3-4,6,8,18H,5H2,1-2H3,(H,19,20). The van der Waals surface area contributed by atoms with Crippen LogP contribution in [0.15, 0.2) is 16.6 Å². The van der Waals surface area contributed by atoms with Gasteiger partial charge in [0.25, 0.3) is 5.92 Å². The molecule has 1 aliphatic carbocycles. The second-order valence-electron chi connectivity index (χ2n) is 5.12. The van der Waals surface area contributed by atoms with Gasteiger partial charge in [0.2, 0.25) is 5.91 Å². The van der Waals surface area contributed by atoms with Gasteiger partial charge in [-0.1, -0.05) is 15.9 Å². The number of carbonyl (C=O) groups is 1. The van der Waals surface area contributed by atoms with Gasteiger partial charge in [-0.3, -0.25) is 4.79 Å². The zero-order chi connectivity index (χ0) is 15.1. The van der Waals surface area contributed by atoms with Crippen LogP contribution in [0.4, 0.5) is 24.5 Å². The van der Waals surface area contributed by atoms with E-state index in [1.165, 1.54) is 6.07 Å². The van der Waals surface area contributed by atoms with Crippen LogP contribution < -0.4 is 10.6 Å². The molecule has 1 aromatic carbocycles. The lowest BCUT2D eigenvalue weighted by molar-refractivity contribution is -0.119. The van der Waals surface area contributed by atoms with Gasteiger partial charge >= 0.3 is 0 Å². The zero-order valence-corrected chi connectivity index (χ0v) is 12.5. The minimum absolute atomic E-state index is 0.00159. The number of halogens is 4. The molecule has 1 atom stereocenters. The van der Waals surface area contributed by atoms with Crippen molar-refractivity contribution in [3.8, 4) is 0 Å². The van der Waals surface area contributed by atoms with Gasteiger partial charge in [0.15, 0.2) is 0 Å². The van der Waals surface area contributed by atoms with E-state index in [2.05, 4.69) is 26.6 Å². The number of carbonyl (C=O) groups excluding carboxylic acids is 1. The summed E-state index contributed by atoms with van der Waals surface area (Å²) in [6.45, 7) is 3.69. The molecule has 0 aliphatic heterocycles. The van der Waals surface area contributed by atoms with Crippen molar-refractivity contribution in [2.75, 3.05) is 10.6 Å². The maximum atomic E-state index is 13.9. The third kappa shape index (κ3) is 3.26. The fraction of sp³-hybridized carbons (Fsp3) is 0.462. The second kappa shape index (κ2) is 5.27. The van der Waals surface area contributed by atoms with E-state index in [0.29, 0.717) is 10.2 Å². The van der Waals surface area contributed by atoms with Gasteiger partial charge in [-0.05, 0) is 26.0 Å². The Balaban J connectivity index is 2.24. The van der Waals surface area contributed by atoms with E-state index >= 15 is 0 Å². The van der Waals surface area contributed by atoms with Gasteiger partial charge < -0.3 is 10.6 Å². The van der Waals surface area contributed by atoms with Gasteiger partial charge in [-0.15, -0.1) is 0 Å². The Hall–Kier alpha value is -1.24. The topological polar surface area (TPSA) is 41.1 Å². The molecule has 1 aliphatic rings. The van der Waals surface area contributed by atoms with Crippen molar-refractivity contribution in [1.82, 2.24) is 0 Å². The molecule has 0 bridgehead atoms. The molecule has 20 heavy (non-hydrogen) atoms. The highest BCUT2D eigenvalue weighted by atomic mass is 79.9. The minimum Gasteiger partial charge on any atom is -0.381 e. The Kier molecular flexibility index (Phi) is 4.00. The van der Waals surface area contributed by atoms with Gasteiger partial charge in [-0.25, -0.2) is 13.2 Å². The Morgan fingerprint density at radius 3 is 2.55 bits per heavy atom. The predicted molar refractivity (Wildman–Crippen MR) is 74.5 cm³/mol. The summed E-state index contributed by atoms with van der Waals surface area (Å²) >= 11 is 3.15. The molecule has 110 valence electrons. The van der Waals surface area contributed by atoms with Crippen molar-refractivity contribution >= 4 is 33.2 Å². The average Bonchev–Trinajstić information content (AvgIpc) is 2.92. The summed E-state index contributed by atoms with van der Waals surface area (Å²) in [5.41, 5.74) is 0.249. The Morgan fingerprint density at radius 2 is 2.05 bits per heavy atom. The highest BCUT2D eigenvalue weighted by Crippen LogP contribution is 2.49. The van der Waals surface area contributed by atoms with Crippen LogP contribution in [0.5, 0.6) is 0 Å². The van der Waals surface area contributed by atoms with Crippen LogP contribution in [0.1, 0.15) is 20.3 Å². The van der Waals surface area contributed by atoms with E-state index in [4.69, 9.17) is 0 Å². The Bertz CT molecular complexity index is 549. The average molecular weight is 351 g/mol. The van der Waals surface area contributed by atoms with E-state index in [-0.39, 0.29) is 11.7 Å². The van der Waals surface area contributed by atoms with E-state index in [1.807, 2.05) is 13.8 Å². The van der Waals surface area contributed by atoms with E-state index in [1.54, 1.807) is 6.07 Å². The number of amides is 1. The van der Waals surface area contributed by atoms with Gasteiger partial charge in [0.05, 0.1) is 5.69 Å². The van der Waals surface area contributed by atoms with Crippen molar-refractivity contribution in [2.24, 2.45) is 5.92 Å². The molecule has 1 amide bonds. The summed E-state index contributed by atoms with van der Waals surface area (Å²) in [6, 6.07) is 2.76. The molecule has 0 heterocycles. The molecule has 0 radical (unpaired) electrons. The summed E-state index contributed by atoms with van der Waals surface area (Å²) in [4.78, 5) is 11.7. The van der Waals surface area contributed by atoms with Crippen LogP contribution in [-0.4, -0.2) is 17.9 Å². The van der Waals surface area contributed by atoms with E-state index < -0.39 is 30.0 Å². The normalized spacial score (nSPS) is 19.9. The molecule has 0 saturated heterocycles. The number of alkyl halides is 2. The molecule has 1 fully saturated rings. The van der Waals surface area contributed by atoms with Gasteiger partial charge in [0, 0.05) is 16.9 Å². The first-order chi connectivity index (χ1) is 9.20. The summed E-state index contributed by atoms with van der Waals surface area (Å²) in [5.74, 6) is -5.87. The van der Waals surface area contributed by atoms with Crippen molar-refractivity contribution in [1.29, 1.82) is 0 Å². The van der Waals surface area contributed by atoms with Crippen molar-refractivity contribution in [3.63, 3.8) is 0 Å². The molecule has 3 nitrogen and oxygen atoms in total. The number of rotatable bonds is 4. The Morgan fingerprint density at radius 1 is 1.45 bits per heavy atom. The molecular formula is C13H14BrF3N2O. The van der Waals surface area contributed by atoms with E-state index in [9.17, 15) is 18.0 Å². The van der Waals surface area contributed by atoms with Crippen molar-refractivity contribution < 1.29 is 18.0 Å². The van der Waals surface area contributed by atoms with Crippen molar-refractivity contribution in [3.05, 3.63) is 22.4 Å². The first-order valence-electron chi connectivity index (χ1n) is 6.15. The van der Waals surface area contributed by atoms with Gasteiger partial charge in [0.1, 0.15) is 17.4 Å². The summed E-state index contributed by atoms with van der Waals surface area (Å²) in [7, 11) is 0. The lowest BCUT2D eigenvalue weighted by Crippen LogP contribution is -2.20. The van der Waals surface area contributed by atoms with Crippen LogP contribution >= 0.6 is 15.9 Å². The molecule has 7 heteroatoms. The molecule has 1 unspecified atom stereocenters. The molecule has 1 saturated carbocycles. The molecular weight excluding hydrogens is 337 g/mol. The third-order valence-corrected chi connectivity index (χ3v) is 3.35. The lowest BCUT2D eigenvalue weighted by atomic mass is 10.2. The number of nitrogens with one attached hydrogen (secondary N) is 2. The zero-order valence-electron chi connectivity index (χ0n) is 10.9.